The minimum atomic E-state index is -2.02. The zero-order valence-electron chi connectivity index (χ0n) is 30.2. The Morgan fingerprint density at radius 2 is 0.925 bits per heavy atom. The normalized spacial score (nSPS) is 48.4. The van der Waals surface area contributed by atoms with E-state index >= 15 is 0 Å². The van der Waals surface area contributed by atoms with Gasteiger partial charge in [-0.25, -0.2) is 0 Å². The van der Waals surface area contributed by atoms with E-state index in [9.17, 15) is 66.4 Å². The van der Waals surface area contributed by atoms with Gasteiger partial charge in [-0.05, 0) is 11.8 Å². The van der Waals surface area contributed by atoms with Crippen molar-refractivity contribution < 1.29 is 99.5 Å². The van der Waals surface area contributed by atoms with Crippen molar-refractivity contribution in [2.45, 2.75) is 149 Å². The fraction of sp³-hybridized carbons (Fsp3) is 1.00. The van der Waals surface area contributed by atoms with Crippen molar-refractivity contribution >= 4 is 0 Å². The van der Waals surface area contributed by atoms with Crippen molar-refractivity contribution in [2.75, 3.05) is 46.2 Å². The molecule has 0 spiro atoms. The van der Waals surface area contributed by atoms with Crippen molar-refractivity contribution in [3.8, 4) is 0 Å². The molecular formula is C33H60O20. The highest BCUT2D eigenvalue weighted by molar-refractivity contribution is 5.05. The van der Waals surface area contributed by atoms with Crippen LogP contribution in [-0.2, 0) is 33.2 Å². The molecule has 20 unspecified atom stereocenters. The first kappa shape index (κ1) is 44.9. The molecule has 0 aliphatic carbocycles. The number of hydrogen-bond acceptors (Lipinski definition) is 20. The summed E-state index contributed by atoms with van der Waals surface area (Å²) >= 11 is 0. The maximum absolute atomic E-state index is 11.4. The van der Waals surface area contributed by atoms with E-state index in [2.05, 4.69) is 0 Å². The Balaban J connectivity index is 1.50. The topological polar surface area (TPSA) is 328 Å². The van der Waals surface area contributed by atoms with Crippen LogP contribution in [0.5, 0.6) is 0 Å². The highest BCUT2D eigenvalue weighted by Gasteiger charge is 2.57. The molecule has 4 rings (SSSR count). The number of hydrogen-bond donors (Lipinski definition) is 13. The van der Waals surface area contributed by atoms with E-state index in [4.69, 9.17) is 33.2 Å². The predicted octanol–water partition coefficient (Wildman–Crippen LogP) is -6.89. The van der Waals surface area contributed by atoms with Crippen molar-refractivity contribution in [2.24, 2.45) is 11.8 Å². The maximum atomic E-state index is 11.4. The van der Waals surface area contributed by atoms with E-state index in [-0.39, 0.29) is 5.92 Å². The van der Waals surface area contributed by atoms with Gasteiger partial charge in [-0.15, -0.1) is 0 Å². The molecule has 4 heterocycles. The average molecular weight is 777 g/mol. The van der Waals surface area contributed by atoms with Crippen molar-refractivity contribution in [1.29, 1.82) is 0 Å². The molecule has 20 heteroatoms. The molecule has 312 valence electrons. The molecule has 0 aromatic carbocycles. The highest BCUT2D eigenvalue weighted by atomic mass is 16.6. The Hall–Kier alpha value is -0.800. The van der Waals surface area contributed by atoms with E-state index in [0.717, 1.165) is 0 Å². The monoisotopic (exact) mass is 776 g/mol. The molecule has 4 aliphatic rings. The summed E-state index contributed by atoms with van der Waals surface area (Å²) < 4.78 is 40.2. The zero-order chi connectivity index (χ0) is 39.5. The second-order valence-electron chi connectivity index (χ2n) is 15.1. The van der Waals surface area contributed by atoms with Crippen LogP contribution in [0.1, 0.15) is 27.7 Å². The van der Waals surface area contributed by atoms with E-state index in [1.54, 1.807) is 27.7 Å². The standard InChI is InChI=1S/C33H60O20/c1-12(2)29-28(44)31(23(39)15(6-35)53-29)49-10-18-25(41)30(48-11-19-26(42)32(45)33(46,13(3)4)20(7-36)52-19)24(40)17(51-18)9-47-8-16-22(38)27(43)21(37)14(5-34)50-16/h12-32,34-46H,5-11H2,1-4H3. The molecule has 0 aromatic heterocycles. The van der Waals surface area contributed by atoms with Crippen LogP contribution in [0.3, 0.4) is 0 Å². The fourth-order valence-electron chi connectivity index (χ4n) is 7.48. The molecule has 20 nitrogen and oxygen atoms in total. The molecule has 0 radical (unpaired) electrons. The van der Waals surface area contributed by atoms with Gasteiger partial charge in [-0.3, -0.25) is 0 Å². The number of ether oxygens (including phenoxy) is 7. The van der Waals surface area contributed by atoms with Crippen LogP contribution in [0.15, 0.2) is 0 Å². The zero-order valence-corrected chi connectivity index (χ0v) is 30.2. The second kappa shape index (κ2) is 19.1. The summed E-state index contributed by atoms with van der Waals surface area (Å²) in [5.74, 6) is -0.892. The van der Waals surface area contributed by atoms with Gasteiger partial charge in [-0.1, -0.05) is 27.7 Å². The van der Waals surface area contributed by atoms with Gasteiger partial charge in [-0.2, -0.15) is 0 Å². The van der Waals surface area contributed by atoms with Crippen LogP contribution in [0.25, 0.3) is 0 Å². The van der Waals surface area contributed by atoms with Crippen molar-refractivity contribution in [3.05, 3.63) is 0 Å². The summed E-state index contributed by atoms with van der Waals surface area (Å²) in [7, 11) is 0. The van der Waals surface area contributed by atoms with Crippen molar-refractivity contribution in [3.63, 3.8) is 0 Å². The Labute approximate surface area is 307 Å². The van der Waals surface area contributed by atoms with Crippen LogP contribution in [0.4, 0.5) is 0 Å². The van der Waals surface area contributed by atoms with E-state index < -0.39 is 174 Å². The lowest BCUT2D eigenvalue weighted by molar-refractivity contribution is -0.307. The SMILES string of the molecule is CC(C)C1OC(CO)C(O)C(OCC2OC(COCC3OC(CO)C(O)C(O)C3O)C(O)C(OCC3OC(CO)C(O)(C(C)C)C(O)C3O)C2O)C1O. The summed E-state index contributed by atoms with van der Waals surface area (Å²) in [5.41, 5.74) is -2.02. The maximum Gasteiger partial charge on any atom is 0.124 e. The third-order valence-electron chi connectivity index (χ3n) is 10.9. The van der Waals surface area contributed by atoms with Crippen LogP contribution in [-0.4, -0.2) is 234 Å². The van der Waals surface area contributed by atoms with Gasteiger partial charge in [0.15, 0.2) is 0 Å². The van der Waals surface area contributed by atoms with E-state index in [1.165, 1.54) is 0 Å². The molecule has 53 heavy (non-hydrogen) atoms. The predicted molar refractivity (Wildman–Crippen MR) is 175 cm³/mol. The first-order valence-corrected chi connectivity index (χ1v) is 18.0. The number of rotatable bonds is 15. The second-order valence-corrected chi connectivity index (χ2v) is 15.1. The third-order valence-corrected chi connectivity index (χ3v) is 10.9. The number of aliphatic hydroxyl groups excluding tert-OH is 12. The first-order valence-electron chi connectivity index (χ1n) is 18.0. The Bertz CT molecular complexity index is 1100. The largest absolute Gasteiger partial charge is 0.394 e. The van der Waals surface area contributed by atoms with Gasteiger partial charge in [0.2, 0.25) is 0 Å². The molecule has 13 N–H and O–H groups in total. The molecule has 20 atom stereocenters. The lowest BCUT2D eigenvalue weighted by atomic mass is 9.75. The molecule has 0 aromatic rings. The van der Waals surface area contributed by atoms with Crippen LogP contribution in [0, 0.1) is 11.8 Å². The Kier molecular flexibility index (Phi) is 16.2. The highest BCUT2D eigenvalue weighted by Crippen LogP contribution is 2.37. The van der Waals surface area contributed by atoms with Crippen LogP contribution in [0.2, 0.25) is 0 Å². The van der Waals surface area contributed by atoms with Gasteiger partial charge in [0.25, 0.3) is 0 Å². The van der Waals surface area contributed by atoms with E-state index in [0.29, 0.717) is 0 Å². The summed E-state index contributed by atoms with van der Waals surface area (Å²) in [5, 5.41) is 137. The molecule has 4 saturated heterocycles. The quantitative estimate of drug-likeness (QED) is 0.0735. The van der Waals surface area contributed by atoms with Gasteiger partial charge in [0, 0.05) is 0 Å². The Morgan fingerprint density at radius 3 is 1.43 bits per heavy atom. The molecular weight excluding hydrogens is 716 g/mol. The van der Waals surface area contributed by atoms with Gasteiger partial charge in [0.05, 0.1) is 52.4 Å². The molecule has 0 saturated carbocycles. The average Bonchev–Trinajstić information content (AvgIpc) is 3.12. The smallest absolute Gasteiger partial charge is 0.124 e. The molecule has 4 fully saturated rings. The Morgan fingerprint density at radius 1 is 0.491 bits per heavy atom. The summed E-state index contributed by atoms with van der Waals surface area (Å²) in [6, 6.07) is 0. The van der Waals surface area contributed by atoms with Crippen molar-refractivity contribution in [1.82, 2.24) is 0 Å². The van der Waals surface area contributed by atoms with Gasteiger partial charge >= 0.3 is 0 Å². The van der Waals surface area contributed by atoms with Gasteiger partial charge < -0.3 is 99.5 Å². The van der Waals surface area contributed by atoms with Gasteiger partial charge in [0.1, 0.15) is 115 Å². The summed E-state index contributed by atoms with van der Waals surface area (Å²) in [6.45, 7) is 2.78. The third kappa shape index (κ3) is 9.34. The fourth-order valence-corrected chi connectivity index (χ4v) is 7.48. The first-order chi connectivity index (χ1) is 24.9. The summed E-state index contributed by atoms with van der Waals surface area (Å²) in [4.78, 5) is 0. The lowest BCUT2D eigenvalue weighted by Gasteiger charge is -2.50. The summed E-state index contributed by atoms with van der Waals surface area (Å²) in [6.07, 6.45) is -27.0. The van der Waals surface area contributed by atoms with Crippen LogP contribution >= 0.6 is 0 Å². The van der Waals surface area contributed by atoms with E-state index in [1.807, 2.05) is 0 Å². The minimum Gasteiger partial charge on any atom is -0.394 e. The number of aliphatic hydroxyl groups is 13. The molecule has 0 amide bonds. The van der Waals surface area contributed by atoms with Crippen LogP contribution < -0.4 is 0 Å². The minimum absolute atomic E-state index is 0.245. The molecule has 4 aliphatic heterocycles. The lowest BCUT2D eigenvalue weighted by Crippen LogP contribution is -2.70. The molecule has 0 bridgehead atoms.